The molecular weight excluding hydrogens is 1030 g/mol. The zero-order valence-corrected chi connectivity index (χ0v) is 43.8. The maximum absolute atomic E-state index is 12.8. The van der Waals surface area contributed by atoms with Gasteiger partial charge in [0.2, 0.25) is 16.9 Å². The molecule has 1 aliphatic rings. The van der Waals surface area contributed by atoms with Crippen LogP contribution in [-0.4, -0.2) is 128 Å². The number of nitrogen functional groups attached to an aromatic ring is 1. The summed E-state index contributed by atoms with van der Waals surface area (Å²) in [5.74, 6) is -1.63. The summed E-state index contributed by atoms with van der Waals surface area (Å²) in [6.45, 7) is 2.48. The van der Waals surface area contributed by atoms with Gasteiger partial charge in [-0.1, -0.05) is 126 Å². The molecule has 0 aromatic carbocycles. The highest BCUT2D eigenvalue weighted by Gasteiger charge is 2.50. The number of thioether (sulfide) groups is 1. The fourth-order valence-electron chi connectivity index (χ4n) is 6.65. The number of ether oxygens (including phenoxy) is 1. The molecule has 0 spiro atoms. The van der Waals surface area contributed by atoms with Gasteiger partial charge >= 0.3 is 23.5 Å². The Kier molecular flexibility index (Phi) is 26.9. The molecule has 25 nitrogen and oxygen atoms in total. The van der Waals surface area contributed by atoms with Crippen molar-refractivity contribution in [2.45, 2.75) is 122 Å². The number of fused-ring (bicyclic) bond motifs is 1. The molecule has 1 saturated heterocycles. The zero-order valence-electron chi connectivity index (χ0n) is 40.3. The van der Waals surface area contributed by atoms with Crippen molar-refractivity contribution in [3.63, 3.8) is 0 Å². The number of nitrogens with one attached hydrogen (secondary N) is 2. The number of aliphatic hydroxyl groups is 3. The second-order valence-corrected chi connectivity index (χ2v) is 22.3. The van der Waals surface area contributed by atoms with E-state index in [-0.39, 0.29) is 48.0 Å². The van der Waals surface area contributed by atoms with E-state index in [0.717, 1.165) is 41.5 Å². The largest absolute Gasteiger partial charge is 0.508 e. The molecule has 2 aromatic heterocycles. The number of nitrogens with zero attached hydrogens (tertiary/aromatic N) is 4. The number of phosphoric acid groups is 3. The quantitative estimate of drug-likeness (QED) is 0.0141. The standard InChI is InChI=1S/C43H68N7O18P3S/c1-4-5-6-7-8-9-10-11-12-13-14-15-16-17-18-19-20-21-31(51)26-34(53)72-25-24-45-33(52)22-23-46-41(56)38(55)43(2,3)28-65-71(62,63)68-70(60,61)64-27-32-37(67-69(57,58)59)36(54)42(66-32)50-30-49-35-39(44)47-29-48-40(35)50/h14-21,26,29-30,32,36-38,42,51,54-55H,4-13,22-25,27-28H2,1-3H3,(H,45,52)(H,46,56)(H,60,61)(H,62,63)(H2,44,47,48)(H2,57,58,59)/t32-,36-,37-,38+,42-/m1/s1. The van der Waals surface area contributed by atoms with E-state index >= 15 is 0 Å². The van der Waals surface area contributed by atoms with E-state index in [0.29, 0.717) is 0 Å². The van der Waals surface area contributed by atoms with Crippen molar-refractivity contribution in [2.24, 2.45) is 5.41 Å². The number of imidazole rings is 1. The first kappa shape index (κ1) is 62.4. The van der Waals surface area contributed by atoms with Crippen LogP contribution in [0.4, 0.5) is 5.82 Å². The summed E-state index contributed by atoms with van der Waals surface area (Å²) in [7, 11) is -16.5. The summed E-state index contributed by atoms with van der Waals surface area (Å²) >= 11 is 0.857. The number of unbranched alkanes of at least 4 members (excludes halogenated alkanes) is 9. The number of allylic oxidation sites excluding steroid dienone is 8. The van der Waals surface area contributed by atoms with Crippen molar-refractivity contribution in [2.75, 3.05) is 37.8 Å². The Morgan fingerprint density at radius 1 is 0.903 bits per heavy atom. The van der Waals surface area contributed by atoms with Crippen LogP contribution in [0.1, 0.15) is 97.6 Å². The lowest BCUT2D eigenvalue weighted by Gasteiger charge is -2.30. The van der Waals surface area contributed by atoms with Gasteiger partial charge in [-0.25, -0.2) is 28.6 Å². The summed E-state index contributed by atoms with van der Waals surface area (Å²) in [4.78, 5) is 88.3. The smallest absolute Gasteiger partial charge is 0.481 e. The second-order valence-electron chi connectivity index (χ2n) is 17.0. The molecule has 7 atom stereocenters. The Hall–Kier alpha value is -3.94. The van der Waals surface area contributed by atoms with Gasteiger partial charge in [0, 0.05) is 36.8 Å². The van der Waals surface area contributed by atoms with Crippen LogP contribution in [0, 0.1) is 5.41 Å². The van der Waals surface area contributed by atoms with Crippen molar-refractivity contribution in [3.05, 3.63) is 73.1 Å². The van der Waals surface area contributed by atoms with E-state index in [4.69, 9.17) is 19.5 Å². The number of rotatable bonds is 34. The topological polar surface area (TPSA) is 384 Å². The zero-order chi connectivity index (χ0) is 53.4. The number of carbonyl (C=O) groups excluding carboxylic acids is 3. The van der Waals surface area contributed by atoms with Crippen LogP contribution in [0.15, 0.2) is 73.1 Å². The molecule has 3 heterocycles. The van der Waals surface area contributed by atoms with E-state index < -0.39 is 89.7 Å². The molecule has 2 amide bonds. The first-order valence-corrected chi connectivity index (χ1v) is 28.6. The van der Waals surface area contributed by atoms with E-state index in [2.05, 4.69) is 47.4 Å². The van der Waals surface area contributed by atoms with Crippen molar-refractivity contribution in [1.29, 1.82) is 0 Å². The normalized spacial score (nSPS) is 20.2. The minimum Gasteiger partial charge on any atom is -0.508 e. The number of hydrogen-bond donors (Lipinski definition) is 10. The molecule has 0 radical (unpaired) electrons. The van der Waals surface area contributed by atoms with Gasteiger partial charge in [-0.05, 0) is 18.9 Å². The third kappa shape index (κ3) is 23.5. The fraction of sp³-hybridized carbons (Fsp3) is 0.581. The SMILES string of the molecule is CCCCCCCCCCCC=CC=CC=CC=CC(O)=CC(=O)SCCNC(=O)CCNC(=O)[C@H](O)C(C)(C)COP(=O)(O)OP(=O)(O)OC[C@H]1O[C@@H](n2cnc3c(N)ncnc32)[C@H](O)[C@@H]1OP(=O)(O)O. The maximum atomic E-state index is 12.8. The van der Waals surface area contributed by atoms with Gasteiger partial charge in [-0.15, -0.1) is 0 Å². The number of carbonyl (C=O) groups is 3. The van der Waals surface area contributed by atoms with Gasteiger partial charge in [0.25, 0.3) is 0 Å². The van der Waals surface area contributed by atoms with E-state index in [9.17, 15) is 63.0 Å². The minimum atomic E-state index is -5.60. The summed E-state index contributed by atoms with van der Waals surface area (Å²) in [6.07, 6.45) is 21.1. The Bertz CT molecular complexity index is 2360. The maximum Gasteiger partial charge on any atom is 0.481 e. The summed E-state index contributed by atoms with van der Waals surface area (Å²) in [5.41, 5.74) is 4.23. The summed E-state index contributed by atoms with van der Waals surface area (Å²) in [5, 5.41) is 36.1. The molecule has 29 heteroatoms. The molecule has 1 aliphatic heterocycles. The van der Waals surface area contributed by atoms with E-state index in [1.54, 1.807) is 18.2 Å². The third-order valence-electron chi connectivity index (χ3n) is 10.4. The van der Waals surface area contributed by atoms with Crippen molar-refractivity contribution < 1.29 is 85.6 Å². The molecule has 1 fully saturated rings. The average Bonchev–Trinajstić information content (AvgIpc) is 3.86. The van der Waals surface area contributed by atoms with Crippen molar-refractivity contribution in [3.8, 4) is 0 Å². The number of phosphoric ester groups is 3. The lowest BCUT2D eigenvalue weighted by atomic mass is 9.87. The molecule has 0 saturated carbocycles. The Morgan fingerprint density at radius 2 is 1.54 bits per heavy atom. The Morgan fingerprint density at radius 3 is 2.22 bits per heavy atom. The van der Waals surface area contributed by atoms with Crippen molar-refractivity contribution >= 4 is 69.1 Å². The van der Waals surface area contributed by atoms with Crippen molar-refractivity contribution in [1.82, 2.24) is 30.2 Å². The summed E-state index contributed by atoms with van der Waals surface area (Å²) < 4.78 is 62.4. The van der Waals surface area contributed by atoms with Crippen LogP contribution >= 0.6 is 35.2 Å². The number of anilines is 1. The fourth-order valence-corrected chi connectivity index (χ4v) is 10.1. The van der Waals surface area contributed by atoms with Crippen LogP contribution in [0.25, 0.3) is 11.2 Å². The lowest BCUT2D eigenvalue weighted by Crippen LogP contribution is -2.46. The molecule has 3 rings (SSSR count). The third-order valence-corrected chi connectivity index (χ3v) is 14.4. The monoisotopic (exact) mass is 1100 g/mol. The van der Waals surface area contributed by atoms with Gasteiger partial charge in [0.05, 0.1) is 19.5 Å². The van der Waals surface area contributed by atoms with Gasteiger partial charge in [0.15, 0.2) is 17.7 Å². The van der Waals surface area contributed by atoms with Gasteiger partial charge in [-0.2, -0.15) is 4.31 Å². The van der Waals surface area contributed by atoms with Crippen LogP contribution in [0.5, 0.6) is 0 Å². The minimum absolute atomic E-state index is 0.0230. The van der Waals surface area contributed by atoms with Crippen LogP contribution < -0.4 is 16.4 Å². The van der Waals surface area contributed by atoms with Gasteiger partial charge in [-0.3, -0.25) is 32.5 Å². The van der Waals surface area contributed by atoms with Crippen LogP contribution in [-0.2, 0) is 50.7 Å². The summed E-state index contributed by atoms with van der Waals surface area (Å²) in [6, 6.07) is 0. The molecule has 2 unspecified atom stereocenters. The number of nitrogens with two attached hydrogens (primary N) is 1. The van der Waals surface area contributed by atoms with E-state index in [1.807, 2.05) is 18.2 Å². The van der Waals surface area contributed by atoms with Crippen LogP contribution in [0.3, 0.4) is 0 Å². The predicted octanol–water partition coefficient (Wildman–Crippen LogP) is 5.25. The number of aromatic nitrogens is 4. The predicted molar refractivity (Wildman–Crippen MR) is 266 cm³/mol. The number of aliphatic hydroxyl groups excluding tert-OH is 3. The lowest BCUT2D eigenvalue weighted by molar-refractivity contribution is -0.137. The van der Waals surface area contributed by atoms with Gasteiger partial charge in [0.1, 0.15) is 42.0 Å². The molecule has 404 valence electrons. The molecule has 11 N–H and O–H groups in total. The first-order chi connectivity index (χ1) is 33.9. The first-order valence-electron chi connectivity index (χ1n) is 23.1. The highest BCUT2D eigenvalue weighted by Crippen LogP contribution is 2.61. The molecular formula is C43H68N7O18P3S. The molecule has 0 bridgehead atoms. The molecule has 2 aromatic rings. The Labute approximate surface area is 421 Å². The van der Waals surface area contributed by atoms with Crippen LogP contribution in [0.2, 0.25) is 0 Å². The second kappa shape index (κ2) is 31.1. The Balaban J connectivity index is 1.32. The molecule has 0 aliphatic carbocycles. The number of amides is 2. The van der Waals surface area contributed by atoms with Gasteiger partial charge < -0.3 is 56.0 Å². The highest BCUT2D eigenvalue weighted by molar-refractivity contribution is 8.14. The van der Waals surface area contributed by atoms with E-state index in [1.165, 1.54) is 77.7 Å². The highest BCUT2D eigenvalue weighted by atomic mass is 32.2. The number of hydrogen-bond acceptors (Lipinski definition) is 19. The average molecular weight is 1100 g/mol. The molecule has 72 heavy (non-hydrogen) atoms.